The molecule has 0 unspecified atom stereocenters. The highest BCUT2D eigenvalue weighted by Crippen LogP contribution is 2.34. The fourth-order valence-corrected chi connectivity index (χ4v) is 6.47. The van der Waals surface area contributed by atoms with Gasteiger partial charge in [-0.1, -0.05) is 82.1 Å². The number of carbonyl (C=O) groups excluding carboxylic acids is 2. The van der Waals surface area contributed by atoms with Crippen molar-refractivity contribution in [3.63, 3.8) is 0 Å². The number of rotatable bonds is 10. The molecule has 0 spiro atoms. The first kappa shape index (κ1) is 30.7. The highest BCUT2D eigenvalue weighted by atomic mass is 79.9. The number of anilines is 1. The first-order chi connectivity index (χ1) is 20.7. The molecule has 0 fully saturated rings. The van der Waals surface area contributed by atoms with Crippen LogP contribution in [0.4, 0.5) is 5.69 Å². The summed E-state index contributed by atoms with van der Waals surface area (Å²) in [5, 5.41) is 3.41. The molecule has 1 aliphatic heterocycles. The number of ether oxygens (including phenoxy) is 1. The van der Waals surface area contributed by atoms with E-state index in [4.69, 9.17) is 16.3 Å². The molecule has 1 atom stereocenters. The number of benzene rings is 4. The summed E-state index contributed by atoms with van der Waals surface area (Å²) in [6, 6.07) is 29.7. The highest BCUT2D eigenvalue weighted by Gasteiger charge is 2.36. The zero-order chi connectivity index (χ0) is 30.4. The third-order valence-electron chi connectivity index (χ3n) is 6.96. The van der Waals surface area contributed by atoms with E-state index in [0.29, 0.717) is 35.0 Å². The van der Waals surface area contributed by atoms with Crippen molar-refractivity contribution in [2.24, 2.45) is 0 Å². The Bertz CT molecular complexity index is 1690. The number of carbonyl (C=O) groups is 2. The SMILES string of the molecule is O=C(NCCc1ccccc1)[C@H]1CN(C(=O)CN(Cc2ccc(Cl)cc2)S(=O)(=O)c2ccc(Br)cc2)c2ccccc2O1. The third-order valence-corrected chi connectivity index (χ3v) is 9.54. The third kappa shape index (κ3) is 7.64. The molecule has 0 aliphatic carbocycles. The second-order valence-electron chi connectivity index (χ2n) is 9.96. The van der Waals surface area contributed by atoms with Crippen LogP contribution in [0.15, 0.2) is 112 Å². The molecular formula is C32H29BrClN3O5S. The highest BCUT2D eigenvalue weighted by molar-refractivity contribution is 9.10. The summed E-state index contributed by atoms with van der Waals surface area (Å²) >= 11 is 9.38. The quantitative estimate of drug-likeness (QED) is 0.240. The van der Waals surface area contributed by atoms with Crippen molar-refractivity contribution in [3.8, 4) is 5.75 Å². The number of hydrogen-bond acceptors (Lipinski definition) is 5. The zero-order valence-electron chi connectivity index (χ0n) is 23.0. The van der Waals surface area contributed by atoms with Gasteiger partial charge in [0, 0.05) is 22.6 Å². The molecule has 2 amide bonds. The number of fused-ring (bicyclic) bond motifs is 1. The number of nitrogens with one attached hydrogen (secondary N) is 1. The Morgan fingerprint density at radius 2 is 1.58 bits per heavy atom. The summed E-state index contributed by atoms with van der Waals surface area (Å²) in [4.78, 5) is 28.5. The molecular weight excluding hydrogens is 654 g/mol. The van der Waals surface area contributed by atoms with E-state index in [1.165, 1.54) is 17.0 Å². The molecule has 0 radical (unpaired) electrons. The van der Waals surface area contributed by atoms with Crippen molar-refractivity contribution >= 4 is 55.1 Å². The maximum absolute atomic E-state index is 13.9. The minimum Gasteiger partial charge on any atom is -0.477 e. The van der Waals surface area contributed by atoms with E-state index in [-0.39, 0.29) is 23.9 Å². The van der Waals surface area contributed by atoms with E-state index < -0.39 is 28.6 Å². The molecule has 0 aromatic heterocycles. The summed E-state index contributed by atoms with van der Waals surface area (Å²) in [6.07, 6.45) is -0.325. The van der Waals surface area contributed by atoms with Crippen LogP contribution in [0.2, 0.25) is 5.02 Å². The van der Waals surface area contributed by atoms with Gasteiger partial charge in [0.25, 0.3) is 5.91 Å². The van der Waals surface area contributed by atoms with Gasteiger partial charge in [-0.25, -0.2) is 8.42 Å². The van der Waals surface area contributed by atoms with Crippen LogP contribution < -0.4 is 15.0 Å². The van der Waals surface area contributed by atoms with Gasteiger partial charge in [0.1, 0.15) is 5.75 Å². The van der Waals surface area contributed by atoms with Gasteiger partial charge in [0.05, 0.1) is 23.7 Å². The lowest BCUT2D eigenvalue weighted by Crippen LogP contribution is -2.53. The molecule has 11 heteroatoms. The average molecular weight is 683 g/mol. The van der Waals surface area contributed by atoms with Crippen LogP contribution in [-0.2, 0) is 32.6 Å². The van der Waals surface area contributed by atoms with Crippen molar-refractivity contribution < 1.29 is 22.7 Å². The van der Waals surface area contributed by atoms with Crippen molar-refractivity contribution in [2.45, 2.75) is 24.0 Å². The molecule has 8 nitrogen and oxygen atoms in total. The molecule has 1 aliphatic rings. The predicted octanol–water partition coefficient (Wildman–Crippen LogP) is 5.45. The number of nitrogens with zero attached hydrogens (tertiary/aromatic N) is 2. The lowest BCUT2D eigenvalue weighted by molar-refractivity contribution is -0.128. The van der Waals surface area contributed by atoms with E-state index in [9.17, 15) is 18.0 Å². The second kappa shape index (κ2) is 13.7. The Labute approximate surface area is 264 Å². The second-order valence-corrected chi connectivity index (χ2v) is 13.2. The summed E-state index contributed by atoms with van der Waals surface area (Å²) in [5.74, 6) is -0.485. The topological polar surface area (TPSA) is 96.0 Å². The molecule has 4 aromatic carbocycles. The Morgan fingerprint density at radius 1 is 0.907 bits per heavy atom. The molecule has 0 bridgehead atoms. The Hall–Kier alpha value is -3.70. The van der Waals surface area contributed by atoms with Crippen LogP contribution in [0.5, 0.6) is 5.75 Å². The Balaban J connectivity index is 1.37. The van der Waals surface area contributed by atoms with Gasteiger partial charge in [-0.15, -0.1) is 0 Å². The first-order valence-electron chi connectivity index (χ1n) is 13.6. The van der Waals surface area contributed by atoms with Crippen molar-refractivity contribution in [2.75, 3.05) is 24.5 Å². The van der Waals surface area contributed by atoms with Gasteiger partial charge in [0.15, 0.2) is 6.10 Å². The Morgan fingerprint density at radius 3 is 2.30 bits per heavy atom. The number of amides is 2. The van der Waals surface area contributed by atoms with E-state index in [2.05, 4.69) is 21.2 Å². The minimum atomic E-state index is -4.08. The standard InChI is InChI=1S/C32H29BrClN3O5S/c33-25-12-16-27(17-13-25)43(40,41)36(20-24-10-14-26(34)15-11-24)22-31(38)37-21-30(42-29-9-5-4-8-28(29)37)32(39)35-19-18-23-6-2-1-3-7-23/h1-17,30H,18-22H2,(H,35,39)/t30-/m1/s1. The number of hydrogen-bond donors (Lipinski definition) is 1. The molecule has 0 saturated carbocycles. The van der Waals surface area contributed by atoms with Crippen LogP contribution >= 0.6 is 27.5 Å². The fraction of sp³-hybridized carbons (Fsp3) is 0.188. The monoisotopic (exact) mass is 681 g/mol. The molecule has 1 N–H and O–H groups in total. The van der Waals surface area contributed by atoms with E-state index in [0.717, 1.165) is 14.3 Å². The smallest absolute Gasteiger partial charge is 0.262 e. The van der Waals surface area contributed by atoms with Crippen LogP contribution in [-0.4, -0.2) is 50.3 Å². The largest absolute Gasteiger partial charge is 0.477 e. The maximum atomic E-state index is 13.9. The van der Waals surface area contributed by atoms with Crippen LogP contribution in [0.1, 0.15) is 11.1 Å². The summed E-state index contributed by atoms with van der Waals surface area (Å²) < 4.78 is 35.5. The van der Waals surface area contributed by atoms with Gasteiger partial charge in [-0.05, 0) is 66.1 Å². The molecule has 0 saturated heterocycles. The van der Waals surface area contributed by atoms with Gasteiger partial charge >= 0.3 is 0 Å². The number of halogens is 2. The molecule has 4 aromatic rings. The minimum absolute atomic E-state index is 0.0514. The summed E-state index contributed by atoms with van der Waals surface area (Å²) in [7, 11) is -4.08. The number of para-hydroxylation sites is 2. The van der Waals surface area contributed by atoms with Crippen LogP contribution in [0.25, 0.3) is 0 Å². The molecule has 1 heterocycles. The molecule has 222 valence electrons. The lowest BCUT2D eigenvalue weighted by atomic mass is 10.1. The van der Waals surface area contributed by atoms with Gasteiger partial charge in [-0.3, -0.25) is 9.59 Å². The zero-order valence-corrected chi connectivity index (χ0v) is 26.2. The summed E-state index contributed by atoms with van der Waals surface area (Å²) in [5.41, 5.74) is 2.21. The fourth-order valence-electron chi connectivity index (χ4n) is 4.71. The summed E-state index contributed by atoms with van der Waals surface area (Å²) in [6.45, 7) is -0.187. The maximum Gasteiger partial charge on any atom is 0.262 e. The Kier molecular flexibility index (Phi) is 9.82. The van der Waals surface area contributed by atoms with Crippen LogP contribution in [0, 0.1) is 0 Å². The van der Waals surface area contributed by atoms with Crippen LogP contribution in [0.3, 0.4) is 0 Å². The van der Waals surface area contributed by atoms with Crippen molar-refractivity contribution in [1.82, 2.24) is 9.62 Å². The molecule has 43 heavy (non-hydrogen) atoms. The first-order valence-corrected chi connectivity index (χ1v) is 16.2. The van der Waals surface area contributed by atoms with Crippen molar-refractivity contribution in [1.29, 1.82) is 0 Å². The van der Waals surface area contributed by atoms with Gasteiger partial charge < -0.3 is 15.0 Å². The lowest BCUT2D eigenvalue weighted by Gasteiger charge is -2.35. The van der Waals surface area contributed by atoms with E-state index >= 15 is 0 Å². The van der Waals surface area contributed by atoms with E-state index in [1.807, 2.05) is 30.3 Å². The normalized spacial score (nSPS) is 14.6. The van der Waals surface area contributed by atoms with Crippen molar-refractivity contribution in [3.05, 3.63) is 124 Å². The average Bonchev–Trinajstić information content (AvgIpc) is 3.01. The van der Waals surface area contributed by atoms with E-state index in [1.54, 1.807) is 60.7 Å². The number of sulfonamides is 1. The predicted molar refractivity (Wildman–Crippen MR) is 170 cm³/mol. The molecule has 5 rings (SSSR count). The van der Waals surface area contributed by atoms with Gasteiger partial charge in [0.2, 0.25) is 15.9 Å². The van der Waals surface area contributed by atoms with Gasteiger partial charge in [-0.2, -0.15) is 4.31 Å².